The molecule has 4 unspecified atom stereocenters. The van der Waals surface area contributed by atoms with E-state index >= 15 is 0 Å². The molecule has 1 heterocycles. The van der Waals surface area contributed by atoms with Crippen molar-refractivity contribution in [2.75, 3.05) is 26.3 Å². The van der Waals surface area contributed by atoms with Crippen LogP contribution in [0.3, 0.4) is 0 Å². The van der Waals surface area contributed by atoms with Crippen molar-refractivity contribution >= 4 is 11.8 Å². The van der Waals surface area contributed by atoms with Crippen LogP contribution in [0.1, 0.15) is 57.4 Å². The number of hydrogen-bond acceptors (Lipinski definition) is 6. The van der Waals surface area contributed by atoms with Gasteiger partial charge in [-0.05, 0) is 51.7 Å². The topological polar surface area (TPSA) is 108 Å². The van der Waals surface area contributed by atoms with Crippen LogP contribution < -0.4 is 10.1 Å². The monoisotopic (exact) mass is 500 g/mol. The normalized spacial score (nSPS) is 22.3. The van der Waals surface area contributed by atoms with Gasteiger partial charge in [0, 0.05) is 37.3 Å². The van der Waals surface area contributed by atoms with Crippen LogP contribution in [0.2, 0.25) is 0 Å². The summed E-state index contributed by atoms with van der Waals surface area (Å²) in [5.74, 6) is -0.244. The van der Waals surface area contributed by atoms with E-state index in [1.54, 1.807) is 11.0 Å². The molecule has 1 aliphatic carbocycles. The number of carbonyl (C=O) groups is 2. The zero-order chi connectivity index (χ0) is 26.1. The summed E-state index contributed by atoms with van der Waals surface area (Å²) in [4.78, 5) is 28.2. The minimum Gasteiger partial charge on any atom is -0.486 e. The fourth-order valence-electron chi connectivity index (χ4n) is 4.89. The first-order valence-electron chi connectivity index (χ1n) is 12.9. The Morgan fingerprint density at radius 2 is 2.03 bits per heavy atom. The van der Waals surface area contributed by atoms with E-state index in [-0.39, 0.29) is 31.1 Å². The van der Waals surface area contributed by atoms with Crippen molar-refractivity contribution in [2.24, 2.45) is 0 Å². The average Bonchev–Trinajstić information content (AvgIpc) is 3.26. The van der Waals surface area contributed by atoms with Gasteiger partial charge in [0.2, 0.25) is 11.8 Å². The van der Waals surface area contributed by atoms with Gasteiger partial charge in [0.05, 0.1) is 24.7 Å². The Morgan fingerprint density at radius 1 is 1.25 bits per heavy atom. The number of carbonyl (C=O) groups excluding carboxylic acids is 2. The van der Waals surface area contributed by atoms with Crippen molar-refractivity contribution in [1.82, 2.24) is 10.2 Å². The average molecular weight is 501 g/mol. The molecule has 0 saturated heterocycles. The number of amides is 2. The molecule has 8 heteroatoms. The number of rotatable bonds is 14. The summed E-state index contributed by atoms with van der Waals surface area (Å²) in [6.07, 6.45) is 5.30. The first-order chi connectivity index (χ1) is 17.4. The molecule has 3 rings (SSSR count). The fraction of sp³-hybridized carbons (Fsp3) is 0.571. The number of nitrogens with one attached hydrogen (secondary N) is 1. The molecule has 0 radical (unpaired) electrons. The van der Waals surface area contributed by atoms with E-state index in [9.17, 15) is 19.8 Å². The van der Waals surface area contributed by atoms with Gasteiger partial charge < -0.3 is 29.9 Å². The van der Waals surface area contributed by atoms with Crippen molar-refractivity contribution < 1.29 is 29.3 Å². The van der Waals surface area contributed by atoms with Gasteiger partial charge in [-0.2, -0.15) is 0 Å². The van der Waals surface area contributed by atoms with E-state index in [0.717, 1.165) is 18.4 Å². The summed E-state index contributed by atoms with van der Waals surface area (Å²) in [6.45, 7) is 8.47. The minimum atomic E-state index is -1.01. The zero-order valence-electron chi connectivity index (χ0n) is 21.4. The molecule has 198 valence electrons. The van der Waals surface area contributed by atoms with Gasteiger partial charge in [-0.25, -0.2) is 0 Å². The Balaban J connectivity index is 1.90. The molecule has 4 atom stereocenters. The standard InChI is InChI=1S/C28H40N2O6/c1-4-5-6-7-13-24(32)30(15-10-17-35-19(2)3)22-18-21(28(34)29-14-16-31)25-20-11-8-9-12-23(20)36-27(25)26(22)33/h4,8-9,11-12,18-19,22,25-27,31,33H,1,5-7,10,13-17H2,2-3H3,(H,29,34). The number of fused-ring (bicyclic) bond motifs is 3. The van der Waals surface area contributed by atoms with Crippen LogP contribution in [-0.2, 0) is 14.3 Å². The van der Waals surface area contributed by atoms with E-state index < -0.39 is 24.2 Å². The van der Waals surface area contributed by atoms with Crippen molar-refractivity contribution in [3.8, 4) is 5.75 Å². The second kappa shape index (κ2) is 13.6. The summed E-state index contributed by atoms with van der Waals surface area (Å²) in [5, 5.41) is 23.4. The molecule has 36 heavy (non-hydrogen) atoms. The van der Waals surface area contributed by atoms with Crippen LogP contribution in [0.15, 0.2) is 48.6 Å². The molecule has 2 aliphatic rings. The summed E-state index contributed by atoms with van der Waals surface area (Å²) in [6, 6.07) is 6.72. The number of aliphatic hydroxyl groups excluding tert-OH is 2. The summed E-state index contributed by atoms with van der Waals surface area (Å²) in [7, 11) is 0. The highest BCUT2D eigenvalue weighted by molar-refractivity contribution is 5.96. The van der Waals surface area contributed by atoms with Gasteiger partial charge >= 0.3 is 0 Å². The third kappa shape index (κ3) is 6.75. The molecule has 1 aromatic rings. The largest absolute Gasteiger partial charge is 0.486 e. The van der Waals surface area contributed by atoms with E-state index in [1.165, 1.54) is 0 Å². The molecular weight excluding hydrogens is 460 g/mol. The number of para-hydroxylation sites is 1. The maximum atomic E-state index is 13.4. The number of nitrogens with zero attached hydrogens (tertiary/aromatic N) is 1. The highest BCUT2D eigenvalue weighted by Crippen LogP contribution is 2.47. The van der Waals surface area contributed by atoms with Gasteiger partial charge in [0.1, 0.15) is 18.0 Å². The summed E-state index contributed by atoms with van der Waals surface area (Å²) in [5.41, 5.74) is 1.27. The van der Waals surface area contributed by atoms with E-state index in [4.69, 9.17) is 9.47 Å². The lowest BCUT2D eigenvalue weighted by atomic mass is 9.77. The maximum absolute atomic E-state index is 13.4. The second-order valence-corrected chi connectivity index (χ2v) is 9.58. The van der Waals surface area contributed by atoms with E-state index in [2.05, 4.69) is 11.9 Å². The van der Waals surface area contributed by atoms with Gasteiger partial charge in [0.15, 0.2) is 0 Å². The van der Waals surface area contributed by atoms with Gasteiger partial charge in [0.25, 0.3) is 0 Å². The minimum absolute atomic E-state index is 0.0759. The van der Waals surface area contributed by atoms with E-state index in [0.29, 0.717) is 43.7 Å². The van der Waals surface area contributed by atoms with Crippen LogP contribution in [0.4, 0.5) is 0 Å². The molecule has 0 spiro atoms. The zero-order valence-corrected chi connectivity index (χ0v) is 21.4. The molecule has 0 saturated carbocycles. The summed E-state index contributed by atoms with van der Waals surface area (Å²) >= 11 is 0. The third-order valence-electron chi connectivity index (χ3n) is 6.60. The molecule has 2 amide bonds. The molecule has 3 N–H and O–H groups in total. The van der Waals surface area contributed by atoms with Crippen LogP contribution in [0.5, 0.6) is 5.75 Å². The van der Waals surface area contributed by atoms with Gasteiger partial charge in [-0.1, -0.05) is 24.3 Å². The van der Waals surface area contributed by atoms with Crippen molar-refractivity contribution in [3.05, 3.63) is 54.1 Å². The first kappa shape index (κ1) is 27.9. The first-order valence-corrected chi connectivity index (χ1v) is 12.9. The Labute approximate surface area is 214 Å². The van der Waals surface area contributed by atoms with Crippen molar-refractivity contribution in [1.29, 1.82) is 0 Å². The van der Waals surface area contributed by atoms with Crippen LogP contribution in [0, 0.1) is 0 Å². The van der Waals surface area contributed by atoms with Crippen LogP contribution in [-0.4, -0.2) is 77.6 Å². The number of unbranched alkanes of at least 4 members (excludes halogenated alkanes) is 2. The Kier molecular flexibility index (Phi) is 10.5. The molecular formula is C28H40N2O6. The SMILES string of the molecule is C=CCCCCC(=O)N(CCCOC(C)C)C1C=C(C(=O)NCCO)C2c3ccccc3OC2C1O. The second-order valence-electron chi connectivity index (χ2n) is 9.58. The lowest BCUT2D eigenvalue weighted by Crippen LogP contribution is -2.56. The summed E-state index contributed by atoms with van der Waals surface area (Å²) < 4.78 is 11.8. The van der Waals surface area contributed by atoms with Crippen LogP contribution in [0.25, 0.3) is 0 Å². The van der Waals surface area contributed by atoms with Crippen LogP contribution >= 0.6 is 0 Å². The Bertz CT molecular complexity index is 930. The number of benzene rings is 1. The Hall–Kier alpha value is -2.68. The molecule has 1 aliphatic heterocycles. The Morgan fingerprint density at radius 3 is 2.75 bits per heavy atom. The molecule has 0 bridgehead atoms. The number of aliphatic hydroxyl groups is 2. The number of allylic oxidation sites excluding steroid dienone is 1. The molecule has 8 nitrogen and oxygen atoms in total. The van der Waals surface area contributed by atoms with Crippen molar-refractivity contribution in [3.63, 3.8) is 0 Å². The highest BCUT2D eigenvalue weighted by atomic mass is 16.5. The third-order valence-corrected chi connectivity index (χ3v) is 6.60. The number of hydrogen-bond donors (Lipinski definition) is 3. The molecule has 0 fully saturated rings. The highest BCUT2D eigenvalue weighted by Gasteiger charge is 2.50. The lowest BCUT2D eigenvalue weighted by molar-refractivity contribution is -0.137. The predicted octanol–water partition coefficient (Wildman–Crippen LogP) is 2.70. The maximum Gasteiger partial charge on any atom is 0.247 e. The fourth-order valence-corrected chi connectivity index (χ4v) is 4.89. The van der Waals surface area contributed by atoms with Gasteiger partial charge in [-0.3, -0.25) is 9.59 Å². The molecule has 0 aromatic heterocycles. The van der Waals surface area contributed by atoms with Gasteiger partial charge in [-0.15, -0.1) is 6.58 Å². The number of ether oxygens (including phenoxy) is 2. The van der Waals surface area contributed by atoms with E-state index in [1.807, 2.05) is 44.2 Å². The lowest BCUT2D eigenvalue weighted by Gasteiger charge is -2.41. The quantitative estimate of drug-likeness (QED) is 0.268. The smallest absolute Gasteiger partial charge is 0.247 e. The molecule has 1 aromatic carbocycles. The van der Waals surface area contributed by atoms with Crippen molar-refractivity contribution in [2.45, 2.75) is 76.2 Å². The predicted molar refractivity (Wildman–Crippen MR) is 138 cm³/mol.